The Balaban J connectivity index is 3.89. The molecule has 0 rings (SSSR count). The van der Waals surface area contributed by atoms with E-state index in [-0.39, 0.29) is 6.54 Å². The molecule has 0 fully saturated rings. The molecule has 1 atom stereocenters. The highest BCUT2D eigenvalue weighted by Crippen LogP contribution is 2.24. The van der Waals surface area contributed by atoms with E-state index in [9.17, 15) is 13.2 Å². The van der Waals surface area contributed by atoms with Crippen LogP contribution in [0.25, 0.3) is 0 Å². The molecular formula is C6H9F3N2. The zero-order valence-electron chi connectivity index (χ0n) is 6.00. The molecule has 11 heavy (non-hydrogen) atoms. The molecule has 0 aromatic heterocycles. The summed E-state index contributed by atoms with van der Waals surface area (Å²) in [6.45, 7) is 1.07. The predicted molar refractivity (Wildman–Crippen MR) is 35.2 cm³/mol. The summed E-state index contributed by atoms with van der Waals surface area (Å²) in [7, 11) is 0. The molecule has 2 nitrogen and oxygen atoms in total. The van der Waals surface area contributed by atoms with E-state index in [0.717, 1.165) is 6.92 Å². The van der Waals surface area contributed by atoms with Gasteiger partial charge in [-0.2, -0.15) is 13.2 Å². The highest BCUT2D eigenvalue weighted by atomic mass is 19.4. The van der Waals surface area contributed by atoms with E-state index in [4.69, 9.17) is 5.84 Å². The zero-order valence-corrected chi connectivity index (χ0v) is 6.00. The van der Waals surface area contributed by atoms with Crippen molar-refractivity contribution in [2.24, 2.45) is 11.8 Å². The summed E-state index contributed by atoms with van der Waals surface area (Å²) in [6.07, 6.45) is -4.23. The number of halogens is 3. The summed E-state index contributed by atoms with van der Waals surface area (Å²) >= 11 is 0. The first kappa shape index (κ1) is 10.3. The average Bonchev–Trinajstić information content (AvgIpc) is 1.86. The molecule has 0 radical (unpaired) electrons. The van der Waals surface area contributed by atoms with Crippen LogP contribution in [0.4, 0.5) is 13.2 Å². The van der Waals surface area contributed by atoms with E-state index in [1.165, 1.54) is 0 Å². The SMILES string of the molecule is CC(C#CCNN)C(F)(F)F. The molecule has 64 valence electrons. The van der Waals surface area contributed by atoms with E-state index in [2.05, 4.69) is 11.3 Å². The highest BCUT2D eigenvalue weighted by molar-refractivity contribution is 5.05. The first-order valence-corrected chi connectivity index (χ1v) is 2.97. The standard InChI is InChI=1S/C6H9F3N2/c1-5(6(7,8)9)3-2-4-11-10/h5,11H,4,10H2,1H3. The lowest BCUT2D eigenvalue weighted by Crippen LogP contribution is -2.22. The van der Waals surface area contributed by atoms with Crippen molar-refractivity contribution in [3.63, 3.8) is 0 Å². The maximum absolute atomic E-state index is 11.7. The first-order valence-electron chi connectivity index (χ1n) is 2.97. The molecule has 0 saturated heterocycles. The van der Waals surface area contributed by atoms with Gasteiger partial charge in [0.25, 0.3) is 0 Å². The maximum Gasteiger partial charge on any atom is 0.402 e. The van der Waals surface area contributed by atoms with Crippen LogP contribution in [0.3, 0.4) is 0 Å². The quantitative estimate of drug-likeness (QED) is 0.341. The van der Waals surface area contributed by atoms with E-state index in [0.29, 0.717) is 0 Å². The number of hydrogen-bond acceptors (Lipinski definition) is 2. The molecule has 0 aromatic rings. The summed E-state index contributed by atoms with van der Waals surface area (Å²) in [5.74, 6) is 7.44. The Labute approximate surface area is 62.9 Å². The third kappa shape index (κ3) is 4.65. The number of hydrogen-bond donors (Lipinski definition) is 2. The van der Waals surface area contributed by atoms with Gasteiger partial charge in [-0.1, -0.05) is 11.8 Å². The molecule has 0 heterocycles. The Hall–Kier alpha value is -0.730. The van der Waals surface area contributed by atoms with Crippen molar-refractivity contribution in [1.29, 1.82) is 0 Å². The van der Waals surface area contributed by atoms with Crippen LogP contribution in [0, 0.1) is 17.8 Å². The van der Waals surface area contributed by atoms with Crippen LogP contribution in [-0.4, -0.2) is 12.7 Å². The van der Waals surface area contributed by atoms with Gasteiger partial charge in [-0.15, -0.1) is 0 Å². The second-order valence-corrected chi connectivity index (χ2v) is 1.97. The van der Waals surface area contributed by atoms with Crippen LogP contribution in [0.5, 0.6) is 0 Å². The van der Waals surface area contributed by atoms with Crippen molar-refractivity contribution in [2.45, 2.75) is 13.1 Å². The lowest BCUT2D eigenvalue weighted by atomic mass is 10.2. The van der Waals surface area contributed by atoms with Gasteiger partial charge in [0, 0.05) is 0 Å². The fourth-order valence-corrected chi connectivity index (χ4v) is 0.337. The van der Waals surface area contributed by atoms with Crippen LogP contribution in [0.1, 0.15) is 6.92 Å². The lowest BCUT2D eigenvalue weighted by Gasteiger charge is -2.07. The molecule has 0 aliphatic heterocycles. The fourth-order valence-electron chi connectivity index (χ4n) is 0.337. The smallest absolute Gasteiger partial charge is 0.271 e. The van der Waals surface area contributed by atoms with Gasteiger partial charge in [0.05, 0.1) is 6.54 Å². The van der Waals surface area contributed by atoms with Crippen LogP contribution in [0.2, 0.25) is 0 Å². The second-order valence-electron chi connectivity index (χ2n) is 1.97. The van der Waals surface area contributed by atoms with Gasteiger partial charge in [-0.05, 0) is 6.92 Å². The lowest BCUT2D eigenvalue weighted by molar-refractivity contribution is -0.153. The highest BCUT2D eigenvalue weighted by Gasteiger charge is 2.34. The van der Waals surface area contributed by atoms with Crippen LogP contribution < -0.4 is 11.3 Å². The summed E-state index contributed by atoms with van der Waals surface area (Å²) in [4.78, 5) is 0. The molecule has 5 heteroatoms. The van der Waals surface area contributed by atoms with Gasteiger partial charge in [-0.3, -0.25) is 5.84 Å². The van der Waals surface area contributed by atoms with Crippen LogP contribution in [-0.2, 0) is 0 Å². The van der Waals surface area contributed by atoms with Gasteiger partial charge < -0.3 is 0 Å². The number of nitrogens with one attached hydrogen (secondary N) is 1. The van der Waals surface area contributed by atoms with Gasteiger partial charge in [0.1, 0.15) is 5.92 Å². The predicted octanol–water partition coefficient (Wildman–Crippen LogP) is 0.652. The van der Waals surface area contributed by atoms with Gasteiger partial charge in [0.2, 0.25) is 0 Å². The minimum atomic E-state index is -4.23. The van der Waals surface area contributed by atoms with Crippen LogP contribution >= 0.6 is 0 Å². The third-order valence-electron chi connectivity index (χ3n) is 1.00. The molecule has 1 unspecified atom stereocenters. The molecular weight excluding hydrogens is 157 g/mol. The summed E-state index contributed by atoms with van der Waals surface area (Å²) in [5.41, 5.74) is 2.13. The van der Waals surface area contributed by atoms with E-state index in [1.54, 1.807) is 0 Å². The van der Waals surface area contributed by atoms with Gasteiger partial charge >= 0.3 is 6.18 Å². The maximum atomic E-state index is 11.7. The number of hydrazine groups is 1. The second kappa shape index (κ2) is 4.21. The molecule has 0 aliphatic carbocycles. The van der Waals surface area contributed by atoms with E-state index in [1.807, 2.05) is 5.92 Å². The van der Waals surface area contributed by atoms with Crippen LogP contribution in [0.15, 0.2) is 0 Å². The topological polar surface area (TPSA) is 38.0 Å². The Kier molecular flexibility index (Phi) is 3.93. The van der Waals surface area contributed by atoms with Crippen molar-refractivity contribution in [3.8, 4) is 11.8 Å². The molecule has 0 spiro atoms. The Morgan fingerprint density at radius 1 is 1.55 bits per heavy atom. The molecule has 0 bridgehead atoms. The Morgan fingerprint density at radius 3 is 2.45 bits per heavy atom. The molecule has 0 aromatic carbocycles. The van der Waals surface area contributed by atoms with Crippen molar-refractivity contribution >= 4 is 0 Å². The number of nitrogens with two attached hydrogens (primary N) is 1. The van der Waals surface area contributed by atoms with Crippen molar-refractivity contribution in [1.82, 2.24) is 5.43 Å². The monoisotopic (exact) mass is 166 g/mol. The van der Waals surface area contributed by atoms with E-state index < -0.39 is 12.1 Å². The van der Waals surface area contributed by atoms with E-state index >= 15 is 0 Å². The van der Waals surface area contributed by atoms with Crippen molar-refractivity contribution < 1.29 is 13.2 Å². The molecule has 0 aliphatic rings. The largest absolute Gasteiger partial charge is 0.402 e. The average molecular weight is 166 g/mol. The van der Waals surface area contributed by atoms with Gasteiger partial charge in [-0.25, -0.2) is 5.43 Å². The zero-order chi connectivity index (χ0) is 8.91. The van der Waals surface area contributed by atoms with Crippen molar-refractivity contribution in [2.75, 3.05) is 6.54 Å². The van der Waals surface area contributed by atoms with Gasteiger partial charge in [0.15, 0.2) is 0 Å². The minimum Gasteiger partial charge on any atom is -0.271 e. The normalized spacial score (nSPS) is 13.5. The Morgan fingerprint density at radius 2 is 2.09 bits per heavy atom. The Bertz CT molecular complexity index is 165. The molecule has 0 amide bonds. The number of rotatable bonds is 1. The summed E-state index contributed by atoms with van der Waals surface area (Å²) in [6, 6.07) is 0. The minimum absolute atomic E-state index is 0.0699. The molecule has 0 saturated carbocycles. The molecule has 3 N–H and O–H groups in total. The summed E-state index contributed by atoms with van der Waals surface area (Å²) < 4.78 is 35.2. The number of alkyl halides is 3. The first-order chi connectivity index (χ1) is 4.98. The fraction of sp³-hybridized carbons (Fsp3) is 0.667. The third-order valence-corrected chi connectivity index (χ3v) is 1.00. The summed E-state index contributed by atoms with van der Waals surface area (Å²) in [5, 5.41) is 0. The van der Waals surface area contributed by atoms with Crippen molar-refractivity contribution in [3.05, 3.63) is 0 Å².